The number of carbonyl (C=O) groups is 2. The van der Waals surface area contributed by atoms with E-state index in [9.17, 15) is 9.59 Å². The normalized spacial score (nSPS) is 25.4. The zero-order valence-corrected chi connectivity index (χ0v) is 13.2. The molecule has 3 rings (SSSR count). The topological polar surface area (TPSA) is 37.4 Å². The Bertz CT molecular complexity index is 616. The number of imide groups is 1. The number of nitrogens with zero attached hydrogens (tertiary/aromatic N) is 1. The van der Waals surface area contributed by atoms with Gasteiger partial charge in [-0.05, 0) is 30.9 Å². The van der Waals surface area contributed by atoms with E-state index in [1.54, 1.807) is 6.08 Å². The molecular weight excluding hydrogens is 274 g/mol. The predicted molar refractivity (Wildman–Crippen MR) is 86.6 cm³/mol. The summed E-state index contributed by atoms with van der Waals surface area (Å²) in [6.45, 7) is 5.98. The van der Waals surface area contributed by atoms with E-state index < -0.39 is 5.41 Å². The van der Waals surface area contributed by atoms with Gasteiger partial charge in [-0.25, -0.2) is 0 Å². The average molecular weight is 297 g/mol. The first-order valence-electron chi connectivity index (χ1n) is 8.14. The van der Waals surface area contributed by atoms with Gasteiger partial charge in [-0.3, -0.25) is 14.5 Å². The van der Waals surface area contributed by atoms with Gasteiger partial charge in [0.1, 0.15) is 0 Å². The quantitative estimate of drug-likeness (QED) is 0.628. The van der Waals surface area contributed by atoms with E-state index in [1.165, 1.54) is 30.6 Å². The van der Waals surface area contributed by atoms with Crippen molar-refractivity contribution in [3.05, 3.63) is 48.0 Å². The molecule has 1 atom stereocenters. The molecule has 2 amide bonds. The Hall–Kier alpha value is -1.90. The lowest BCUT2D eigenvalue weighted by Gasteiger charge is -2.40. The third kappa shape index (κ3) is 2.29. The maximum Gasteiger partial charge on any atom is 0.261 e. The number of carbonyl (C=O) groups excluding carboxylic acids is 2. The standard InChI is InChI=1S/C19H23NO2/c1-3-12-20-17(21)15-10-6-7-11-16(15)19(2,18(20)22)13-14-8-4-5-9-14/h3,6-7,10-11,14H,1,4-5,8-9,12-13H2,2H3. The van der Waals surface area contributed by atoms with Gasteiger partial charge in [0.05, 0.1) is 5.41 Å². The van der Waals surface area contributed by atoms with Crippen LogP contribution in [0.15, 0.2) is 36.9 Å². The Labute approximate surface area is 132 Å². The van der Waals surface area contributed by atoms with Crippen LogP contribution in [0.4, 0.5) is 0 Å². The zero-order chi connectivity index (χ0) is 15.7. The van der Waals surface area contributed by atoms with Gasteiger partial charge in [-0.15, -0.1) is 6.58 Å². The highest BCUT2D eigenvalue weighted by Crippen LogP contribution is 2.43. The van der Waals surface area contributed by atoms with E-state index >= 15 is 0 Å². The Morgan fingerprint density at radius 2 is 1.95 bits per heavy atom. The second-order valence-electron chi connectivity index (χ2n) is 6.74. The molecule has 0 N–H and O–H groups in total. The first-order chi connectivity index (χ1) is 10.6. The van der Waals surface area contributed by atoms with Crippen LogP contribution in [-0.4, -0.2) is 23.3 Å². The molecule has 1 aliphatic heterocycles. The number of hydrogen-bond donors (Lipinski definition) is 0. The lowest BCUT2D eigenvalue weighted by Crippen LogP contribution is -2.53. The summed E-state index contributed by atoms with van der Waals surface area (Å²) in [4.78, 5) is 27.0. The summed E-state index contributed by atoms with van der Waals surface area (Å²) in [5.41, 5.74) is 0.976. The molecule has 1 heterocycles. The van der Waals surface area contributed by atoms with E-state index in [0.29, 0.717) is 11.5 Å². The highest BCUT2D eigenvalue weighted by atomic mass is 16.2. The zero-order valence-electron chi connectivity index (χ0n) is 13.2. The molecule has 0 bridgehead atoms. The van der Waals surface area contributed by atoms with Crippen LogP contribution in [-0.2, 0) is 10.2 Å². The molecule has 0 spiro atoms. The molecule has 1 fully saturated rings. The fraction of sp³-hybridized carbons (Fsp3) is 0.474. The molecule has 0 aromatic heterocycles. The van der Waals surface area contributed by atoms with E-state index in [2.05, 4.69) is 6.58 Å². The van der Waals surface area contributed by atoms with Gasteiger partial charge in [0, 0.05) is 12.1 Å². The lowest BCUT2D eigenvalue weighted by atomic mass is 9.70. The maximum absolute atomic E-state index is 13.1. The first kappa shape index (κ1) is 15.0. The molecule has 2 aliphatic rings. The van der Waals surface area contributed by atoms with Crippen LogP contribution >= 0.6 is 0 Å². The molecule has 116 valence electrons. The summed E-state index contributed by atoms with van der Waals surface area (Å²) in [5, 5.41) is 0. The minimum Gasteiger partial charge on any atom is -0.274 e. The second kappa shape index (κ2) is 5.71. The SMILES string of the molecule is C=CCN1C(=O)c2ccccc2C(C)(CC2CCCC2)C1=O. The van der Waals surface area contributed by atoms with Gasteiger partial charge in [0.2, 0.25) is 5.91 Å². The Morgan fingerprint density at radius 1 is 1.27 bits per heavy atom. The summed E-state index contributed by atoms with van der Waals surface area (Å²) >= 11 is 0. The molecule has 3 nitrogen and oxygen atoms in total. The summed E-state index contributed by atoms with van der Waals surface area (Å²) in [6, 6.07) is 7.59. The minimum absolute atomic E-state index is 0.0667. The fourth-order valence-electron chi connectivity index (χ4n) is 4.09. The largest absolute Gasteiger partial charge is 0.274 e. The highest BCUT2D eigenvalue weighted by Gasteiger charge is 2.47. The Kier molecular flexibility index (Phi) is 3.90. The molecule has 0 radical (unpaired) electrons. The van der Waals surface area contributed by atoms with Crippen molar-refractivity contribution in [1.29, 1.82) is 0 Å². The number of rotatable bonds is 4. The molecule has 1 unspecified atom stereocenters. The van der Waals surface area contributed by atoms with Crippen molar-refractivity contribution < 1.29 is 9.59 Å². The maximum atomic E-state index is 13.1. The first-order valence-corrected chi connectivity index (χ1v) is 8.14. The molecular formula is C19H23NO2. The molecule has 22 heavy (non-hydrogen) atoms. The fourth-order valence-corrected chi connectivity index (χ4v) is 4.09. The van der Waals surface area contributed by atoms with Gasteiger partial charge >= 0.3 is 0 Å². The molecule has 1 aliphatic carbocycles. The Morgan fingerprint density at radius 3 is 2.64 bits per heavy atom. The molecule has 1 aromatic carbocycles. The summed E-state index contributed by atoms with van der Waals surface area (Å²) in [6.07, 6.45) is 7.36. The van der Waals surface area contributed by atoms with E-state index in [1.807, 2.05) is 31.2 Å². The molecule has 3 heteroatoms. The number of fused-ring (bicyclic) bond motifs is 1. The van der Waals surface area contributed by atoms with E-state index in [-0.39, 0.29) is 18.4 Å². The Balaban J connectivity index is 2.05. The third-order valence-electron chi connectivity index (χ3n) is 5.20. The van der Waals surface area contributed by atoms with Gasteiger partial charge < -0.3 is 0 Å². The third-order valence-corrected chi connectivity index (χ3v) is 5.20. The van der Waals surface area contributed by atoms with Crippen molar-refractivity contribution in [3.8, 4) is 0 Å². The summed E-state index contributed by atoms with van der Waals surface area (Å²) < 4.78 is 0. The predicted octanol–water partition coefficient (Wildman–Crippen LogP) is 3.69. The second-order valence-corrected chi connectivity index (χ2v) is 6.74. The highest BCUT2D eigenvalue weighted by molar-refractivity contribution is 6.13. The van der Waals surface area contributed by atoms with Crippen LogP contribution in [0.3, 0.4) is 0 Å². The van der Waals surface area contributed by atoms with Crippen molar-refractivity contribution in [2.75, 3.05) is 6.54 Å². The minimum atomic E-state index is -0.595. The van der Waals surface area contributed by atoms with Crippen LogP contribution < -0.4 is 0 Å². The molecule has 0 saturated heterocycles. The number of benzene rings is 1. The van der Waals surface area contributed by atoms with Crippen molar-refractivity contribution in [3.63, 3.8) is 0 Å². The van der Waals surface area contributed by atoms with E-state index in [0.717, 1.165) is 12.0 Å². The van der Waals surface area contributed by atoms with Crippen molar-refractivity contribution >= 4 is 11.8 Å². The smallest absolute Gasteiger partial charge is 0.261 e. The van der Waals surface area contributed by atoms with Gasteiger partial charge in [0.15, 0.2) is 0 Å². The van der Waals surface area contributed by atoms with Gasteiger partial charge in [0.25, 0.3) is 5.91 Å². The average Bonchev–Trinajstić information content (AvgIpc) is 3.03. The monoisotopic (exact) mass is 297 g/mol. The number of amides is 2. The van der Waals surface area contributed by atoms with Crippen molar-refractivity contribution in [2.45, 2.75) is 44.4 Å². The van der Waals surface area contributed by atoms with Gasteiger partial charge in [-0.2, -0.15) is 0 Å². The van der Waals surface area contributed by atoms with Crippen molar-refractivity contribution in [1.82, 2.24) is 4.90 Å². The van der Waals surface area contributed by atoms with Crippen LogP contribution in [0.2, 0.25) is 0 Å². The lowest BCUT2D eigenvalue weighted by molar-refractivity contribution is -0.135. The summed E-state index contributed by atoms with van der Waals surface area (Å²) in [7, 11) is 0. The van der Waals surface area contributed by atoms with Crippen LogP contribution in [0.5, 0.6) is 0 Å². The van der Waals surface area contributed by atoms with Crippen LogP contribution in [0.25, 0.3) is 0 Å². The van der Waals surface area contributed by atoms with Crippen LogP contribution in [0, 0.1) is 5.92 Å². The molecule has 1 aromatic rings. The summed E-state index contributed by atoms with van der Waals surface area (Å²) in [5.74, 6) is 0.327. The van der Waals surface area contributed by atoms with Crippen molar-refractivity contribution in [2.24, 2.45) is 5.92 Å². The molecule has 1 saturated carbocycles. The van der Waals surface area contributed by atoms with Crippen LogP contribution in [0.1, 0.15) is 54.9 Å². The van der Waals surface area contributed by atoms with Gasteiger partial charge in [-0.1, -0.05) is 50.0 Å². The van der Waals surface area contributed by atoms with E-state index in [4.69, 9.17) is 0 Å². The number of hydrogen-bond acceptors (Lipinski definition) is 2.